The maximum Gasteiger partial charge on any atom is 0.408 e. The van der Waals surface area contributed by atoms with E-state index in [1.165, 1.54) is 6.07 Å². The van der Waals surface area contributed by atoms with Gasteiger partial charge in [0.05, 0.1) is 0 Å². The normalized spacial score (nSPS) is 12.9. The smallest absolute Gasteiger partial charge is 0.408 e. The zero-order chi connectivity index (χ0) is 13.9. The van der Waals surface area contributed by atoms with E-state index in [1.807, 2.05) is 20.8 Å². The molecule has 0 aromatic carbocycles. The van der Waals surface area contributed by atoms with Crippen molar-refractivity contribution in [3.05, 3.63) is 16.8 Å². The largest absolute Gasteiger partial charge is 0.442 e. The molecule has 0 radical (unpaired) electrons. The van der Waals surface area contributed by atoms with E-state index in [9.17, 15) is 4.79 Å². The molecular weight excluding hydrogens is 256 g/mol. The Morgan fingerprint density at radius 1 is 1.50 bits per heavy atom. The second kappa shape index (κ2) is 5.39. The van der Waals surface area contributed by atoms with Gasteiger partial charge in [-0.3, -0.25) is 0 Å². The highest BCUT2D eigenvalue weighted by molar-refractivity contribution is 6.30. The maximum atomic E-state index is 11.6. The summed E-state index contributed by atoms with van der Waals surface area (Å²) in [6.45, 7) is 7.26. The first-order chi connectivity index (χ1) is 8.19. The molecule has 18 heavy (non-hydrogen) atoms. The number of hydrogen-bond acceptors (Lipinski definition) is 5. The third kappa shape index (κ3) is 4.37. The Hall–Kier alpha value is -1.56. The van der Waals surface area contributed by atoms with E-state index in [4.69, 9.17) is 22.1 Å². The van der Waals surface area contributed by atoms with Crippen LogP contribution in [0, 0.1) is 0 Å². The molecule has 0 bridgehead atoms. The highest BCUT2D eigenvalue weighted by atomic mass is 35.5. The van der Waals surface area contributed by atoms with Crippen LogP contribution in [-0.4, -0.2) is 21.8 Å². The SMILES string of the molecule is CC(OC(=O)NC(C)(C)C)c1cc(N)nnc1Cl. The van der Waals surface area contributed by atoms with Gasteiger partial charge >= 0.3 is 6.09 Å². The summed E-state index contributed by atoms with van der Waals surface area (Å²) < 4.78 is 5.19. The van der Waals surface area contributed by atoms with Gasteiger partial charge in [-0.15, -0.1) is 10.2 Å². The van der Waals surface area contributed by atoms with Crippen molar-refractivity contribution in [2.45, 2.75) is 39.3 Å². The van der Waals surface area contributed by atoms with Crippen molar-refractivity contribution in [3.63, 3.8) is 0 Å². The topological polar surface area (TPSA) is 90.1 Å². The van der Waals surface area contributed by atoms with Crippen LogP contribution in [0.5, 0.6) is 0 Å². The average molecular weight is 273 g/mol. The van der Waals surface area contributed by atoms with E-state index in [0.29, 0.717) is 5.56 Å². The minimum absolute atomic E-state index is 0.167. The molecule has 0 aliphatic carbocycles. The summed E-state index contributed by atoms with van der Waals surface area (Å²) in [7, 11) is 0. The standard InChI is InChI=1S/C11H17ClN4O2/c1-6(18-10(17)14-11(2,3)4)7-5-8(13)15-16-9(7)12/h5-6H,1-4H3,(H2,13,15)(H,14,17). The highest BCUT2D eigenvalue weighted by Gasteiger charge is 2.20. The lowest BCUT2D eigenvalue weighted by atomic mass is 10.1. The molecule has 0 aliphatic rings. The number of nitrogens with one attached hydrogen (secondary N) is 1. The van der Waals surface area contributed by atoms with Crippen molar-refractivity contribution in [2.75, 3.05) is 5.73 Å². The van der Waals surface area contributed by atoms with Gasteiger partial charge in [0.25, 0.3) is 0 Å². The van der Waals surface area contributed by atoms with Crippen LogP contribution in [0.3, 0.4) is 0 Å². The van der Waals surface area contributed by atoms with E-state index in [2.05, 4.69) is 15.5 Å². The molecule has 3 N–H and O–H groups in total. The Morgan fingerprint density at radius 2 is 2.11 bits per heavy atom. The van der Waals surface area contributed by atoms with Gasteiger partial charge in [0, 0.05) is 11.1 Å². The van der Waals surface area contributed by atoms with Gasteiger partial charge < -0.3 is 15.8 Å². The van der Waals surface area contributed by atoms with E-state index in [0.717, 1.165) is 0 Å². The number of alkyl carbamates (subject to hydrolysis) is 1. The molecule has 0 aliphatic heterocycles. The fraction of sp³-hybridized carbons (Fsp3) is 0.545. The van der Waals surface area contributed by atoms with Gasteiger partial charge in [0.1, 0.15) is 11.9 Å². The van der Waals surface area contributed by atoms with Crippen molar-refractivity contribution in [1.29, 1.82) is 0 Å². The van der Waals surface area contributed by atoms with Crippen molar-refractivity contribution < 1.29 is 9.53 Å². The number of hydrogen-bond donors (Lipinski definition) is 2. The fourth-order valence-electron chi connectivity index (χ4n) is 1.25. The van der Waals surface area contributed by atoms with Crippen LogP contribution in [0.15, 0.2) is 6.07 Å². The molecule has 6 nitrogen and oxygen atoms in total. The maximum absolute atomic E-state index is 11.6. The summed E-state index contributed by atoms with van der Waals surface area (Å²) in [5.41, 5.74) is 5.67. The van der Waals surface area contributed by atoms with Crippen molar-refractivity contribution in [3.8, 4) is 0 Å². The van der Waals surface area contributed by atoms with Crippen LogP contribution in [0.25, 0.3) is 0 Å². The first-order valence-corrected chi connectivity index (χ1v) is 5.84. The number of ether oxygens (including phenoxy) is 1. The summed E-state index contributed by atoms with van der Waals surface area (Å²) in [4.78, 5) is 11.6. The highest BCUT2D eigenvalue weighted by Crippen LogP contribution is 2.24. The first kappa shape index (κ1) is 14.5. The van der Waals surface area contributed by atoms with Crippen LogP contribution in [-0.2, 0) is 4.74 Å². The van der Waals surface area contributed by atoms with Crippen LogP contribution < -0.4 is 11.1 Å². The predicted octanol–water partition coefficient (Wildman–Crippen LogP) is 2.30. The number of aromatic nitrogens is 2. The summed E-state index contributed by atoms with van der Waals surface area (Å²) in [5, 5.41) is 10.1. The Labute approximate surface area is 111 Å². The number of nitrogen functional groups attached to an aromatic ring is 1. The zero-order valence-electron chi connectivity index (χ0n) is 10.8. The first-order valence-electron chi connectivity index (χ1n) is 5.46. The molecule has 0 saturated heterocycles. The van der Waals surface area contributed by atoms with Gasteiger partial charge in [-0.05, 0) is 33.8 Å². The fourth-order valence-corrected chi connectivity index (χ4v) is 1.50. The molecule has 1 amide bonds. The van der Waals surface area contributed by atoms with E-state index in [1.54, 1.807) is 6.92 Å². The van der Waals surface area contributed by atoms with Crippen molar-refractivity contribution >= 4 is 23.5 Å². The van der Waals surface area contributed by atoms with E-state index < -0.39 is 12.2 Å². The lowest BCUT2D eigenvalue weighted by molar-refractivity contribution is 0.0999. The monoisotopic (exact) mass is 272 g/mol. The second-order valence-electron chi connectivity index (χ2n) is 4.94. The molecule has 0 spiro atoms. The molecule has 7 heteroatoms. The van der Waals surface area contributed by atoms with Crippen molar-refractivity contribution in [1.82, 2.24) is 15.5 Å². The molecule has 1 heterocycles. The van der Waals surface area contributed by atoms with Gasteiger partial charge in [0.2, 0.25) is 0 Å². The number of nitrogens with two attached hydrogens (primary N) is 1. The Bertz CT molecular complexity index is 445. The molecule has 1 unspecified atom stereocenters. The predicted molar refractivity (Wildman–Crippen MR) is 69.2 cm³/mol. The summed E-state index contributed by atoms with van der Waals surface area (Å²) in [5.74, 6) is 0.223. The molecule has 1 rings (SSSR count). The molecule has 1 aromatic heterocycles. The Kier molecular flexibility index (Phi) is 4.34. The van der Waals surface area contributed by atoms with Gasteiger partial charge in [0.15, 0.2) is 5.15 Å². The number of carbonyl (C=O) groups is 1. The number of carbonyl (C=O) groups excluding carboxylic acids is 1. The number of anilines is 1. The van der Waals surface area contributed by atoms with Gasteiger partial charge in [-0.25, -0.2) is 4.79 Å². The number of rotatable bonds is 2. The van der Waals surface area contributed by atoms with E-state index in [-0.39, 0.29) is 16.5 Å². The quantitative estimate of drug-likeness (QED) is 0.862. The van der Waals surface area contributed by atoms with Crippen LogP contribution in [0.1, 0.15) is 39.4 Å². The number of nitrogens with zero attached hydrogens (tertiary/aromatic N) is 2. The average Bonchev–Trinajstić information content (AvgIpc) is 2.18. The van der Waals surface area contributed by atoms with Crippen molar-refractivity contribution in [2.24, 2.45) is 0 Å². The lowest BCUT2D eigenvalue weighted by Crippen LogP contribution is -2.41. The third-order valence-corrected chi connectivity index (χ3v) is 2.29. The van der Waals surface area contributed by atoms with Crippen LogP contribution >= 0.6 is 11.6 Å². The molecule has 1 atom stereocenters. The van der Waals surface area contributed by atoms with E-state index >= 15 is 0 Å². The minimum Gasteiger partial charge on any atom is -0.442 e. The van der Waals surface area contributed by atoms with Gasteiger partial charge in [-0.2, -0.15) is 0 Å². The van der Waals surface area contributed by atoms with Crippen LogP contribution in [0.4, 0.5) is 10.6 Å². The Morgan fingerprint density at radius 3 is 2.67 bits per heavy atom. The Balaban J connectivity index is 2.73. The minimum atomic E-state index is -0.558. The molecule has 100 valence electrons. The number of halogens is 1. The summed E-state index contributed by atoms with van der Waals surface area (Å²) >= 11 is 5.87. The molecule has 0 saturated carbocycles. The molecular formula is C11H17ClN4O2. The molecule has 0 fully saturated rings. The summed E-state index contributed by atoms with van der Waals surface area (Å²) in [6, 6.07) is 1.53. The van der Waals surface area contributed by atoms with Crippen LogP contribution in [0.2, 0.25) is 5.15 Å². The lowest BCUT2D eigenvalue weighted by Gasteiger charge is -2.22. The number of amides is 1. The molecule has 1 aromatic rings. The zero-order valence-corrected chi connectivity index (χ0v) is 11.6. The third-order valence-electron chi connectivity index (χ3n) is 1.99. The second-order valence-corrected chi connectivity index (χ2v) is 5.30. The summed E-state index contributed by atoms with van der Waals surface area (Å²) in [6.07, 6.45) is -1.08. The van der Waals surface area contributed by atoms with Gasteiger partial charge in [-0.1, -0.05) is 11.6 Å².